The SMILES string of the molecule is OC(c1ccccc1C(F)(F)F)c1c(F)cc(Br)cc1F. The highest BCUT2D eigenvalue weighted by Gasteiger charge is 2.36. The van der Waals surface area contributed by atoms with E-state index < -0.39 is 40.6 Å². The van der Waals surface area contributed by atoms with Crippen LogP contribution in [0.3, 0.4) is 0 Å². The summed E-state index contributed by atoms with van der Waals surface area (Å²) in [6.07, 6.45) is -6.80. The van der Waals surface area contributed by atoms with Gasteiger partial charge in [0.1, 0.15) is 17.7 Å². The Morgan fingerprint density at radius 3 is 2.05 bits per heavy atom. The maximum Gasteiger partial charge on any atom is 0.416 e. The molecule has 0 heterocycles. The molecule has 0 radical (unpaired) electrons. The van der Waals surface area contributed by atoms with E-state index in [2.05, 4.69) is 15.9 Å². The van der Waals surface area contributed by atoms with Crippen LogP contribution in [-0.4, -0.2) is 5.11 Å². The van der Waals surface area contributed by atoms with Crippen molar-refractivity contribution in [1.29, 1.82) is 0 Å². The van der Waals surface area contributed by atoms with Gasteiger partial charge in [0.2, 0.25) is 0 Å². The molecule has 0 amide bonds. The average molecular weight is 367 g/mol. The molecule has 7 heteroatoms. The number of aliphatic hydroxyl groups is 1. The van der Waals surface area contributed by atoms with E-state index in [0.717, 1.165) is 30.3 Å². The first-order valence-electron chi connectivity index (χ1n) is 5.70. The Balaban J connectivity index is 2.59. The summed E-state index contributed by atoms with van der Waals surface area (Å²) in [5.74, 6) is -2.27. The predicted molar refractivity (Wildman–Crippen MR) is 69.6 cm³/mol. The van der Waals surface area contributed by atoms with Crippen LogP contribution in [0.2, 0.25) is 0 Å². The highest BCUT2D eigenvalue weighted by molar-refractivity contribution is 9.10. The van der Waals surface area contributed by atoms with Gasteiger partial charge >= 0.3 is 6.18 Å². The van der Waals surface area contributed by atoms with Gasteiger partial charge in [-0.3, -0.25) is 0 Å². The van der Waals surface area contributed by atoms with E-state index in [-0.39, 0.29) is 4.47 Å². The largest absolute Gasteiger partial charge is 0.416 e. The molecule has 0 fully saturated rings. The number of rotatable bonds is 2. The number of halogens is 6. The Hall–Kier alpha value is -1.47. The van der Waals surface area contributed by atoms with E-state index in [0.29, 0.717) is 0 Å². The Labute approximate surface area is 125 Å². The van der Waals surface area contributed by atoms with E-state index in [9.17, 15) is 27.1 Å². The minimum Gasteiger partial charge on any atom is -0.383 e. The van der Waals surface area contributed by atoms with Gasteiger partial charge in [-0.1, -0.05) is 34.1 Å². The van der Waals surface area contributed by atoms with Crippen molar-refractivity contribution in [3.8, 4) is 0 Å². The molecule has 0 saturated carbocycles. The number of hydrogen-bond acceptors (Lipinski definition) is 1. The molecule has 112 valence electrons. The number of alkyl halides is 3. The molecule has 0 aliphatic carbocycles. The second-order valence-corrected chi connectivity index (χ2v) is 5.19. The summed E-state index contributed by atoms with van der Waals surface area (Å²) in [5, 5.41) is 9.99. The molecule has 2 aromatic carbocycles. The summed E-state index contributed by atoms with van der Waals surface area (Å²) in [6, 6.07) is 5.85. The highest BCUT2D eigenvalue weighted by Crippen LogP contribution is 2.38. The maximum absolute atomic E-state index is 13.8. The van der Waals surface area contributed by atoms with Crippen molar-refractivity contribution in [3.05, 3.63) is 69.2 Å². The van der Waals surface area contributed by atoms with Gasteiger partial charge < -0.3 is 5.11 Å². The van der Waals surface area contributed by atoms with Gasteiger partial charge in [-0.15, -0.1) is 0 Å². The Morgan fingerprint density at radius 2 is 1.52 bits per heavy atom. The van der Waals surface area contributed by atoms with Crippen LogP contribution in [0, 0.1) is 11.6 Å². The molecular weight excluding hydrogens is 359 g/mol. The third kappa shape index (κ3) is 3.24. The van der Waals surface area contributed by atoms with Gasteiger partial charge in [0.25, 0.3) is 0 Å². The molecule has 1 nitrogen and oxygen atoms in total. The molecule has 0 aliphatic rings. The second kappa shape index (κ2) is 5.73. The van der Waals surface area contributed by atoms with Gasteiger partial charge in [0.15, 0.2) is 0 Å². The summed E-state index contributed by atoms with van der Waals surface area (Å²) in [4.78, 5) is 0. The minimum atomic E-state index is -4.74. The molecule has 0 saturated heterocycles. The standard InChI is InChI=1S/C14H8BrF5O/c15-7-5-10(16)12(11(17)6-7)13(21)8-3-1-2-4-9(8)14(18,19)20/h1-6,13,21H. The predicted octanol–water partition coefficient (Wildman–Crippen LogP) is 4.83. The first-order valence-corrected chi connectivity index (χ1v) is 6.49. The fourth-order valence-electron chi connectivity index (χ4n) is 1.96. The van der Waals surface area contributed by atoms with Crippen molar-refractivity contribution < 1.29 is 27.1 Å². The van der Waals surface area contributed by atoms with E-state index >= 15 is 0 Å². The number of benzene rings is 2. The zero-order chi connectivity index (χ0) is 15.8. The summed E-state index contributed by atoms with van der Waals surface area (Å²) in [7, 11) is 0. The fraction of sp³-hybridized carbons (Fsp3) is 0.143. The van der Waals surface area contributed by atoms with Crippen molar-refractivity contribution in [3.63, 3.8) is 0 Å². The highest BCUT2D eigenvalue weighted by atomic mass is 79.9. The van der Waals surface area contributed by atoms with Crippen LogP contribution < -0.4 is 0 Å². The van der Waals surface area contributed by atoms with Crippen LogP contribution in [0.5, 0.6) is 0 Å². The van der Waals surface area contributed by atoms with Gasteiger partial charge in [-0.05, 0) is 23.8 Å². The van der Waals surface area contributed by atoms with Crippen molar-refractivity contribution >= 4 is 15.9 Å². The van der Waals surface area contributed by atoms with Crippen molar-refractivity contribution in [2.24, 2.45) is 0 Å². The van der Waals surface area contributed by atoms with Crippen LogP contribution >= 0.6 is 15.9 Å². The van der Waals surface area contributed by atoms with E-state index in [1.807, 2.05) is 0 Å². The average Bonchev–Trinajstić information content (AvgIpc) is 2.36. The van der Waals surface area contributed by atoms with Gasteiger partial charge in [-0.2, -0.15) is 13.2 Å². The molecule has 0 aromatic heterocycles. The topological polar surface area (TPSA) is 20.2 Å². The number of hydrogen-bond donors (Lipinski definition) is 1. The van der Waals surface area contributed by atoms with Crippen LogP contribution in [-0.2, 0) is 6.18 Å². The Morgan fingerprint density at radius 1 is 1.00 bits per heavy atom. The first kappa shape index (κ1) is 15.9. The van der Waals surface area contributed by atoms with E-state index in [4.69, 9.17) is 0 Å². The van der Waals surface area contributed by atoms with Gasteiger partial charge in [-0.25, -0.2) is 8.78 Å². The lowest BCUT2D eigenvalue weighted by molar-refractivity contribution is -0.139. The number of aliphatic hydroxyl groups excluding tert-OH is 1. The van der Waals surface area contributed by atoms with E-state index in [1.165, 1.54) is 6.07 Å². The molecular formula is C14H8BrF5O. The Kier molecular flexibility index (Phi) is 4.34. The zero-order valence-electron chi connectivity index (χ0n) is 10.3. The van der Waals surface area contributed by atoms with Gasteiger partial charge in [0, 0.05) is 4.47 Å². The normalized spacial score (nSPS) is 13.3. The summed E-state index contributed by atoms with van der Waals surface area (Å²) in [6.45, 7) is 0. The van der Waals surface area contributed by atoms with Crippen LogP contribution in [0.1, 0.15) is 22.8 Å². The fourth-order valence-corrected chi connectivity index (χ4v) is 2.37. The Bertz CT molecular complexity index is 646. The molecule has 1 N–H and O–H groups in total. The third-order valence-corrected chi connectivity index (χ3v) is 3.34. The molecule has 1 atom stereocenters. The van der Waals surface area contributed by atoms with Crippen molar-refractivity contribution in [2.75, 3.05) is 0 Å². The van der Waals surface area contributed by atoms with E-state index in [1.54, 1.807) is 0 Å². The van der Waals surface area contributed by atoms with Gasteiger partial charge in [0.05, 0.1) is 11.1 Å². The smallest absolute Gasteiger partial charge is 0.383 e. The van der Waals surface area contributed by atoms with Crippen LogP contribution in [0.25, 0.3) is 0 Å². The van der Waals surface area contributed by atoms with Crippen molar-refractivity contribution in [2.45, 2.75) is 12.3 Å². The van der Waals surface area contributed by atoms with Crippen molar-refractivity contribution in [1.82, 2.24) is 0 Å². The molecule has 2 rings (SSSR count). The molecule has 21 heavy (non-hydrogen) atoms. The lowest BCUT2D eigenvalue weighted by Crippen LogP contribution is -2.14. The zero-order valence-corrected chi connectivity index (χ0v) is 11.8. The quantitative estimate of drug-likeness (QED) is 0.755. The lowest BCUT2D eigenvalue weighted by Gasteiger charge is -2.18. The molecule has 0 aliphatic heterocycles. The molecule has 0 spiro atoms. The molecule has 2 aromatic rings. The minimum absolute atomic E-state index is 0.0811. The van der Waals surface area contributed by atoms with Crippen LogP contribution in [0.15, 0.2) is 40.9 Å². The maximum atomic E-state index is 13.8. The first-order chi connectivity index (χ1) is 9.71. The third-order valence-electron chi connectivity index (χ3n) is 2.88. The van der Waals surface area contributed by atoms with Crippen LogP contribution in [0.4, 0.5) is 22.0 Å². The molecule has 1 unspecified atom stereocenters. The summed E-state index contributed by atoms with van der Waals surface area (Å²) < 4.78 is 66.3. The monoisotopic (exact) mass is 366 g/mol. The summed E-state index contributed by atoms with van der Waals surface area (Å²) >= 11 is 2.86. The lowest BCUT2D eigenvalue weighted by atomic mass is 9.96. The summed E-state index contributed by atoms with van der Waals surface area (Å²) in [5.41, 5.74) is -2.57. The second-order valence-electron chi connectivity index (χ2n) is 4.27. The molecule has 0 bridgehead atoms.